The Kier molecular flexibility index (Phi) is 1.68. The van der Waals surface area contributed by atoms with E-state index in [4.69, 9.17) is 0 Å². The number of esters is 1. The Morgan fingerprint density at radius 1 is 1.88 bits per heavy atom. The molecule has 0 aromatic rings. The molecule has 3 heteroatoms. The fourth-order valence-corrected chi connectivity index (χ4v) is 0.961. The highest BCUT2D eigenvalue weighted by Gasteiger charge is 2.13. The topological polar surface area (TPSA) is 26.3 Å². The molecule has 0 amide bonds. The van der Waals surface area contributed by atoms with Gasteiger partial charge >= 0.3 is 5.97 Å². The minimum atomic E-state index is -0.193. The highest BCUT2D eigenvalue weighted by Crippen LogP contribution is 2.08. The summed E-state index contributed by atoms with van der Waals surface area (Å²) >= 11 is 3.15. The summed E-state index contributed by atoms with van der Waals surface area (Å²) in [5.41, 5.74) is 0.727. The summed E-state index contributed by atoms with van der Waals surface area (Å²) < 4.78 is 4.59. The summed E-state index contributed by atoms with van der Waals surface area (Å²) in [6.45, 7) is 0.444. The molecule has 0 bridgehead atoms. The third-order valence-electron chi connectivity index (χ3n) is 0.950. The molecule has 44 valence electrons. The van der Waals surface area contributed by atoms with Crippen molar-refractivity contribution in [2.45, 2.75) is 0 Å². The Bertz CT molecular complexity index is 139. The molecule has 0 saturated heterocycles. The summed E-state index contributed by atoms with van der Waals surface area (Å²) in [5, 5.41) is 0.603. The number of carbonyl (C=O) groups excluding carboxylic acids is 1. The maximum absolute atomic E-state index is 10.5. The molecule has 0 unspecified atom stereocenters. The number of halogens is 1. The van der Waals surface area contributed by atoms with E-state index in [2.05, 4.69) is 20.7 Å². The zero-order valence-electron chi connectivity index (χ0n) is 4.19. The quantitative estimate of drug-likeness (QED) is 0.438. The second-order valence-corrected chi connectivity index (χ2v) is 2.02. The molecule has 0 spiro atoms. The molecular formula is C5H5BrO2. The van der Waals surface area contributed by atoms with E-state index in [0.717, 1.165) is 5.57 Å². The number of hydrogen-bond donors (Lipinski definition) is 0. The van der Waals surface area contributed by atoms with Crippen molar-refractivity contribution in [1.29, 1.82) is 0 Å². The number of rotatable bonds is 1. The fraction of sp³-hybridized carbons (Fsp3) is 0.400. The van der Waals surface area contributed by atoms with Crippen LogP contribution >= 0.6 is 15.9 Å². The average molecular weight is 177 g/mol. The van der Waals surface area contributed by atoms with Gasteiger partial charge in [-0.2, -0.15) is 0 Å². The predicted molar refractivity (Wildman–Crippen MR) is 32.8 cm³/mol. The molecule has 0 N–H and O–H groups in total. The van der Waals surface area contributed by atoms with E-state index in [-0.39, 0.29) is 5.97 Å². The number of ether oxygens (including phenoxy) is 1. The zero-order valence-corrected chi connectivity index (χ0v) is 5.77. The van der Waals surface area contributed by atoms with Gasteiger partial charge in [0.2, 0.25) is 0 Å². The molecule has 1 rings (SSSR count). The fourth-order valence-electron chi connectivity index (χ4n) is 0.503. The van der Waals surface area contributed by atoms with E-state index in [1.807, 2.05) is 0 Å². The number of alkyl halides is 1. The second-order valence-electron chi connectivity index (χ2n) is 1.46. The van der Waals surface area contributed by atoms with Gasteiger partial charge in [0, 0.05) is 10.9 Å². The SMILES string of the molecule is O=C1OCC=C1CBr. The summed E-state index contributed by atoms with van der Waals surface area (Å²) in [5.74, 6) is -0.193. The van der Waals surface area contributed by atoms with Gasteiger partial charge in [-0.05, 0) is 6.08 Å². The summed E-state index contributed by atoms with van der Waals surface area (Å²) in [6.07, 6.45) is 1.77. The second kappa shape index (κ2) is 2.31. The van der Waals surface area contributed by atoms with Crippen molar-refractivity contribution in [3.8, 4) is 0 Å². The number of cyclic esters (lactones) is 1. The van der Waals surface area contributed by atoms with Crippen LogP contribution < -0.4 is 0 Å². The van der Waals surface area contributed by atoms with Crippen LogP contribution in [-0.4, -0.2) is 17.9 Å². The molecular weight excluding hydrogens is 172 g/mol. The average Bonchev–Trinajstić information content (AvgIpc) is 2.14. The number of hydrogen-bond acceptors (Lipinski definition) is 2. The Morgan fingerprint density at radius 3 is 2.88 bits per heavy atom. The van der Waals surface area contributed by atoms with Crippen molar-refractivity contribution in [3.05, 3.63) is 11.6 Å². The molecule has 8 heavy (non-hydrogen) atoms. The first kappa shape index (κ1) is 5.82. The van der Waals surface area contributed by atoms with Crippen LogP contribution in [0.5, 0.6) is 0 Å². The predicted octanol–water partition coefficient (Wildman–Crippen LogP) is 0.865. The molecule has 0 aromatic carbocycles. The van der Waals surface area contributed by atoms with E-state index in [0.29, 0.717) is 11.9 Å². The third-order valence-corrected chi connectivity index (χ3v) is 1.55. The molecule has 0 saturated carbocycles. The van der Waals surface area contributed by atoms with E-state index in [1.54, 1.807) is 6.08 Å². The Labute approximate surface area is 55.6 Å². The van der Waals surface area contributed by atoms with Crippen molar-refractivity contribution < 1.29 is 9.53 Å². The van der Waals surface area contributed by atoms with Gasteiger partial charge in [0.15, 0.2) is 0 Å². The van der Waals surface area contributed by atoms with Gasteiger partial charge in [-0.1, -0.05) is 15.9 Å². The van der Waals surface area contributed by atoms with Gasteiger partial charge in [0.1, 0.15) is 6.61 Å². The summed E-state index contributed by atoms with van der Waals surface area (Å²) in [6, 6.07) is 0. The highest BCUT2D eigenvalue weighted by atomic mass is 79.9. The minimum Gasteiger partial charge on any atom is -0.458 e. The van der Waals surface area contributed by atoms with Crippen LogP contribution in [0.15, 0.2) is 11.6 Å². The minimum absolute atomic E-state index is 0.193. The highest BCUT2D eigenvalue weighted by molar-refractivity contribution is 9.09. The van der Waals surface area contributed by atoms with E-state index >= 15 is 0 Å². The van der Waals surface area contributed by atoms with Gasteiger partial charge in [0.05, 0.1) is 0 Å². The van der Waals surface area contributed by atoms with Crippen molar-refractivity contribution in [1.82, 2.24) is 0 Å². The lowest BCUT2D eigenvalue weighted by molar-refractivity contribution is -0.135. The molecule has 1 aliphatic heterocycles. The lowest BCUT2D eigenvalue weighted by Crippen LogP contribution is -1.99. The molecule has 2 nitrogen and oxygen atoms in total. The van der Waals surface area contributed by atoms with Gasteiger partial charge < -0.3 is 4.74 Å². The molecule has 0 aromatic heterocycles. The van der Waals surface area contributed by atoms with Gasteiger partial charge in [-0.15, -0.1) is 0 Å². The first-order valence-corrected chi connectivity index (χ1v) is 3.39. The number of carbonyl (C=O) groups is 1. The molecule has 1 aliphatic rings. The van der Waals surface area contributed by atoms with Crippen molar-refractivity contribution >= 4 is 21.9 Å². The maximum atomic E-state index is 10.5. The van der Waals surface area contributed by atoms with E-state index in [1.165, 1.54) is 0 Å². The van der Waals surface area contributed by atoms with Crippen LogP contribution in [-0.2, 0) is 9.53 Å². The first-order valence-electron chi connectivity index (χ1n) is 2.26. The van der Waals surface area contributed by atoms with Gasteiger partial charge in [-0.25, -0.2) is 4.79 Å². The molecule has 0 radical (unpaired) electrons. The summed E-state index contributed by atoms with van der Waals surface area (Å²) in [7, 11) is 0. The van der Waals surface area contributed by atoms with Crippen LogP contribution in [0.25, 0.3) is 0 Å². The Morgan fingerprint density at radius 2 is 2.62 bits per heavy atom. The monoisotopic (exact) mass is 176 g/mol. The molecule has 0 atom stereocenters. The van der Waals surface area contributed by atoms with E-state index in [9.17, 15) is 4.79 Å². The molecule has 0 fully saturated rings. The Balaban J connectivity index is 2.62. The van der Waals surface area contributed by atoms with Crippen LogP contribution in [0.4, 0.5) is 0 Å². The molecule has 1 heterocycles. The first-order chi connectivity index (χ1) is 3.84. The van der Waals surface area contributed by atoms with Crippen molar-refractivity contribution in [2.24, 2.45) is 0 Å². The van der Waals surface area contributed by atoms with Crippen molar-refractivity contribution in [3.63, 3.8) is 0 Å². The zero-order chi connectivity index (χ0) is 5.98. The standard InChI is InChI=1S/C5H5BrO2/c6-3-4-1-2-8-5(4)7/h1H,2-3H2. The largest absolute Gasteiger partial charge is 0.458 e. The van der Waals surface area contributed by atoms with Gasteiger partial charge in [0.25, 0.3) is 0 Å². The molecule has 0 aliphatic carbocycles. The van der Waals surface area contributed by atoms with Crippen LogP contribution in [0.1, 0.15) is 0 Å². The maximum Gasteiger partial charge on any atom is 0.334 e. The van der Waals surface area contributed by atoms with Gasteiger partial charge in [-0.3, -0.25) is 0 Å². The summed E-state index contributed by atoms with van der Waals surface area (Å²) in [4.78, 5) is 10.5. The van der Waals surface area contributed by atoms with Crippen molar-refractivity contribution in [2.75, 3.05) is 11.9 Å². The lowest BCUT2D eigenvalue weighted by atomic mass is 10.3. The van der Waals surface area contributed by atoms with Crippen LogP contribution in [0, 0.1) is 0 Å². The third kappa shape index (κ3) is 0.916. The van der Waals surface area contributed by atoms with Crippen LogP contribution in [0.2, 0.25) is 0 Å². The van der Waals surface area contributed by atoms with E-state index < -0.39 is 0 Å². The smallest absolute Gasteiger partial charge is 0.334 e. The van der Waals surface area contributed by atoms with Crippen LogP contribution in [0.3, 0.4) is 0 Å². The lowest BCUT2D eigenvalue weighted by Gasteiger charge is -1.88. The Hall–Kier alpha value is -0.310. The normalized spacial score (nSPS) is 18.1.